The summed E-state index contributed by atoms with van der Waals surface area (Å²) in [5.41, 5.74) is 7.21. The van der Waals surface area contributed by atoms with Crippen molar-refractivity contribution in [2.45, 2.75) is 20.3 Å². The zero-order chi connectivity index (χ0) is 13.4. The Morgan fingerprint density at radius 2 is 1.78 bits per heavy atom. The highest BCUT2D eigenvalue weighted by Crippen LogP contribution is 2.15. The van der Waals surface area contributed by atoms with E-state index in [0.717, 1.165) is 38.3 Å². The van der Waals surface area contributed by atoms with Crippen LogP contribution in [0.15, 0.2) is 24.3 Å². The molecule has 0 amide bonds. The third-order valence-electron chi connectivity index (χ3n) is 3.43. The van der Waals surface area contributed by atoms with E-state index in [2.05, 4.69) is 30.9 Å². The summed E-state index contributed by atoms with van der Waals surface area (Å²) >= 11 is 0. The molecule has 0 aromatic heterocycles. The average Bonchev–Trinajstić information content (AvgIpc) is 2.44. The number of ether oxygens (including phenoxy) is 1. The molecule has 1 aromatic rings. The molecule has 1 unspecified atom stereocenters. The highest BCUT2D eigenvalue weighted by molar-refractivity contribution is 5.27. The average molecular weight is 250 g/mol. The maximum atomic E-state index is 5.88. The van der Waals surface area contributed by atoms with Gasteiger partial charge in [0, 0.05) is 6.54 Å². The van der Waals surface area contributed by atoms with Crippen LogP contribution in [0, 0.1) is 5.92 Å². The van der Waals surface area contributed by atoms with Crippen LogP contribution in [0.2, 0.25) is 0 Å². The first-order valence-corrected chi connectivity index (χ1v) is 6.78. The molecule has 0 aliphatic heterocycles. The summed E-state index contributed by atoms with van der Waals surface area (Å²) < 4.78 is 5.17. The fourth-order valence-electron chi connectivity index (χ4n) is 2.16. The van der Waals surface area contributed by atoms with Gasteiger partial charge in [0.25, 0.3) is 0 Å². The third-order valence-corrected chi connectivity index (χ3v) is 3.43. The normalized spacial score (nSPS) is 12.7. The zero-order valence-electron chi connectivity index (χ0n) is 11.9. The maximum absolute atomic E-state index is 5.88. The molecule has 0 fully saturated rings. The molecule has 1 aromatic carbocycles. The number of nitrogens with two attached hydrogens (primary N) is 1. The van der Waals surface area contributed by atoms with Gasteiger partial charge in [0.1, 0.15) is 5.75 Å². The summed E-state index contributed by atoms with van der Waals surface area (Å²) in [6, 6.07) is 8.29. The molecule has 3 heteroatoms. The van der Waals surface area contributed by atoms with E-state index in [0.29, 0.717) is 5.92 Å². The van der Waals surface area contributed by atoms with Gasteiger partial charge >= 0.3 is 0 Å². The molecule has 0 heterocycles. The molecule has 0 radical (unpaired) electrons. The lowest BCUT2D eigenvalue weighted by molar-refractivity contribution is 0.254. The maximum Gasteiger partial charge on any atom is 0.118 e. The largest absolute Gasteiger partial charge is 0.497 e. The fraction of sp³-hybridized carbons (Fsp3) is 0.600. The zero-order valence-corrected chi connectivity index (χ0v) is 11.9. The van der Waals surface area contributed by atoms with Crippen molar-refractivity contribution >= 4 is 0 Å². The predicted molar refractivity (Wildman–Crippen MR) is 77.0 cm³/mol. The van der Waals surface area contributed by atoms with Crippen LogP contribution < -0.4 is 10.5 Å². The summed E-state index contributed by atoms with van der Waals surface area (Å²) in [5.74, 6) is 1.44. The number of hydrogen-bond donors (Lipinski definition) is 1. The van der Waals surface area contributed by atoms with Crippen LogP contribution in [-0.4, -0.2) is 38.2 Å². The first kappa shape index (κ1) is 15.0. The minimum Gasteiger partial charge on any atom is -0.497 e. The van der Waals surface area contributed by atoms with E-state index in [1.54, 1.807) is 7.11 Å². The Hall–Kier alpha value is -1.06. The van der Waals surface area contributed by atoms with Crippen molar-refractivity contribution in [1.29, 1.82) is 0 Å². The minimum atomic E-state index is 0.526. The Bertz CT molecular complexity index is 320. The predicted octanol–water partition coefficient (Wildman–Crippen LogP) is 2.15. The molecular weight excluding hydrogens is 224 g/mol. The van der Waals surface area contributed by atoms with E-state index in [1.807, 2.05) is 12.1 Å². The Morgan fingerprint density at radius 1 is 1.17 bits per heavy atom. The van der Waals surface area contributed by atoms with Crippen molar-refractivity contribution in [1.82, 2.24) is 4.90 Å². The minimum absolute atomic E-state index is 0.526. The highest BCUT2D eigenvalue weighted by Gasteiger charge is 2.11. The molecule has 0 bridgehead atoms. The van der Waals surface area contributed by atoms with Crippen LogP contribution in [0.25, 0.3) is 0 Å². The lowest BCUT2D eigenvalue weighted by Crippen LogP contribution is -2.33. The smallest absolute Gasteiger partial charge is 0.118 e. The molecule has 0 aliphatic rings. The monoisotopic (exact) mass is 250 g/mol. The summed E-state index contributed by atoms with van der Waals surface area (Å²) in [4.78, 5) is 2.43. The molecule has 0 aliphatic carbocycles. The van der Waals surface area contributed by atoms with Crippen LogP contribution in [0.5, 0.6) is 5.75 Å². The van der Waals surface area contributed by atoms with Crippen LogP contribution >= 0.6 is 0 Å². The van der Waals surface area contributed by atoms with Crippen LogP contribution in [0.4, 0.5) is 0 Å². The molecule has 2 N–H and O–H groups in total. The van der Waals surface area contributed by atoms with Gasteiger partial charge < -0.3 is 15.4 Å². The van der Waals surface area contributed by atoms with Crippen molar-refractivity contribution in [2.24, 2.45) is 11.7 Å². The van der Waals surface area contributed by atoms with Gasteiger partial charge in [0.05, 0.1) is 7.11 Å². The van der Waals surface area contributed by atoms with Gasteiger partial charge in [0.15, 0.2) is 0 Å². The third kappa shape index (κ3) is 4.67. The number of methoxy groups -OCH3 is 1. The van der Waals surface area contributed by atoms with Crippen molar-refractivity contribution in [2.75, 3.05) is 33.3 Å². The van der Waals surface area contributed by atoms with Gasteiger partial charge in [-0.1, -0.05) is 26.0 Å². The van der Waals surface area contributed by atoms with Crippen molar-refractivity contribution in [3.63, 3.8) is 0 Å². The summed E-state index contributed by atoms with van der Waals surface area (Å²) in [5, 5.41) is 0. The number of rotatable bonds is 8. The lowest BCUT2D eigenvalue weighted by atomic mass is 9.98. The van der Waals surface area contributed by atoms with Crippen LogP contribution in [0.3, 0.4) is 0 Å². The Balaban J connectivity index is 2.55. The summed E-state index contributed by atoms with van der Waals surface area (Å²) in [6.45, 7) is 8.40. The van der Waals surface area contributed by atoms with Gasteiger partial charge in [-0.15, -0.1) is 0 Å². The Kier molecular flexibility index (Phi) is 6.76. The van der Waals surface area contributed by atoms with E-state index in [-0.39, 0.29) is 0 Å². The van der Waals surface area contributed by atoms with Gasteiger partial charge in [-0.2, -0.15) is 0 Å². The number of hydrogen-bond acceptors (Lipinski definition) is 3. The molecule has 18 heavy (non-hydrogen) atoms. The highest BCUT2D eigenvalue weighted by atomic mass is 16.5. The Morgan fingerprint density at radius 3 is 2.22 bits per heavy atom. The molecule has 1 rings (SSSR count). The van der Waals surface area contributed by atoms with E-state index in [1.165, 1.54) is 5.56 Å². The summed E-state index contributed by atoms with van der Waals surface area (Å²) in [7, 11) is 1.69. The first-order chi connectivity index (χ1) is 8.73. The van der Waals surface area contributed by atoms with Crippen molar-refractivity contribution < 1.29 is 4.74 Å². The fourth-order valence-corrected chi connectivity index (χ4v) is 2.16. The number of nitrogens with zero attached hydrogens (tertiary/aromatic N) is 1. The topological polar surface area (TPSA) is 38.5 Å². The molecule has 0 saturated heterocycles. The van der Waals surface area contributed by atoms with Crippen molar-refractivity contribution in [3.05, 3.63) is 29.8 Å². The van der Waals surface area contributed by atoms with E-state index in [9.17, 15) is 0 Å². The second kappa shape index (κ2) is 8.11. The number of benzene rings is 1. The van der Waals surface area contributed by atoms with Crippen LogP contribution in [0.1, 0.15) is 19.4 Å². The van der Waals surface area contributed by atoms with E-state index < -0.39 is 0 Å². The molecule has 102 valence electrons. The van der Waals surface area contributed by atoms with Crippen molar-refractivity contribution in [3.8, 4) is 5.75 Å². The van der Waals surface area contributed by atoms with Gasteiger partial charge in [-0.3, -0.25) is 0 Å². The molecule has 1 atom stereocenters. The van der Waals surface area contributed by atoms with E-state index >= 15 is 0 Å². The second-order valence-corrected chi connectivity index (χ2v) is 4.64. The van der Waals surface area contributed by atoms with E-state index in [4.69, 9.17) is 10.5 Å². The standard InChI is InChI=1S/C15H26N2O/c1-4-17(5-2)12-14(11-16)10-13-6-8-15(18-3)9-7-13/h6-9,14H,4-5,10-12,16H2,1-3H3. The quantitative estimate of drug-likeness (QED) is 0.768. The molecule has 0 spiro atoms. The van der Waals surface area contributed by atoms with Crippen LogP contribution in [-0.2, 0) is 6.42 Å². The first-order valence-electron chi connectivity index (χ1n) is 6.78. The molecule has 0 saturated carbocycles. The lowest BCUT2D eigenvalue weighted by Gasteiger charge is -2.24. The second-order valence-electron chi connectivity index (χ2n) is 4.64. The van der Waals surface area contributed by atoms with Gasteiger partial charge in [-0.05, 0) is 49.7 Å². The van der Waals surface area contributed by atoms with Gasteiger partial charge in [0.2, 0.25) is 0 Å². The van der Waals surface area contributed by atoms with Gasteiger partial charge in [-0.25, -0.2) is 0 Å². The summed E-state index contributed by atoms with van der Waals surface area (Å²) in [6.07, 6.45) is 1.04. The Labute approximate surface area is 111 Å². The SMILES string of the molecule is CCN(CC)CC(CN)Cc1ccc(OC)cc1. The molecule has 3 nitrogen and oxygen atoms in total. The molecular formula is C15H26N2O.